The van der Waals surface area contributed by atoms with Gasteiger partial charge < -0.3 is 20.5 Å². The van der Waals surface area contributed by atoms with Gasteiger partial charge in [-0.3, -0.25) is 0 Å². The molecule has 0 saturated carbocycles. The lowest BCUT2D eigenvalue weighted by Crippen LogP contribution is -2.46. The highest BCUT2D eigenvalue weighted by Gasteiger charge is 2.33. The van der Waals surface area contributed by atoms with E-state index in [2.05, 4.69) is 26.6 Å². The van der Waals surface area contributed by atoms with Gasteiger partial charge in [-0.1, -0.05) is 13.0 Å². The Morgan fingerprint density at radius 2 is 2.13 bits per heavy atom. The number of carbonyl (C=O) groups excluding carboxylic acids is 2. The maximum Gasteiger partial charge on any atom is 0.338 e. The fourth-order valence-electron chi connectivity index (χ4n) is 2.37. The van der Waals surface area contributed by atoms with E-state index in [0.717, 1.165) is 0 Å². The zero-order valence-corrected chi connectivity index (χ0v) is 14.7. The number of urea groups is 1. The average molecular weight is 383 g/mol. The van der Waals surface area contributed by atoms with E-state index in [9.17, 15) is 14.7 Å². The number of ether oxygens (including phenoxy) is 1. The Morgan fingerprint density at radius 3 is 2.70 bits per heavy atom. The van der Waals surface area contributed by atoms with Crippen LogP contribution in [0.3, 0.4) is 0 Å². The van der Waals surface area contributed by atoms with Gasteiger partial charge in [0.1, 0.15) is 5.75 Å². The van der Waals surface area contributed by atoms with E-state index >= 15 is 0 Å². The number of benzene rings is 1. The molecule has 1 atom stereocenters. The smallest absolute Gasteiger partial charge is 0.338 e. The van der Waals surface area contributed by atoms with Crippen molar-refractivity contribution < 1.29 is 19.4 Å². The van der Waals surface area contributed by atoms with E-state index in [1.165, 1.54) is 6.07 Å². The molecule has 1 aliphatic rings. The van der Waals surface area contributed by atoms with Crippen LogP contribution in [0.5, 0.6) is 5.75 Å². The molecular weight excluding hydrogens is 364 g/mol. The van der Waals surface area contributed by atoms with Gasteiger partial charge in [0.2, 0.25) is 0 Å². The molecule has 124 valence electrons. The molecular formula is C16H19BrN2O4. The van der Waals surface area contributed by atoms with E-state index < -0.39 is 12.0 Å². The molecule has 7 heteroatoms. The lowest BCUT2D eigenvalue weighted by molar-refractivity contribution is -0.143. The van der Waals surface area contributed by atoms with Crippen LogP contribution < -0.4 is 10.6 Å². The van der Waals surface area contributed by atoms with Crippen molar-refractivity contribution in [3.05, 3.63) is 39.5 Å². The number of nitrogens with one attached hydrogen (secondary N) is 2. The lowest BCUT2D eigenvalue weighted by atomic mass is 9.94. The second-order valence-electron chi connectivity index (χ2n) is 5.44. The maximum atomic E-state index is 12.5. The first-order chi connectivity index (χ1) is 10.8. The van der Waals surface area contributed by atoms with Crippen LogP contribution in [0, 0.1) is 0 Å². The van der Waals surface area contributed by atoms with Crippen molar-refractivity contribution in [2.75, 3.05) is 0 Å². The Balaban J connectivity index is 2.50. The largest absolute Gasteiger partial charge is 0.507 e. The predicted molar refractivity (Wildman–Crippen MR) is 88.8 cm³/mol. The highest BCUT2D eigenvalue weighted by atomic mass is 79.9. The predicted octanol–water partition coefficient (Wildman–Crippen LogP) is 3.12. The summed E-state index contributed by atoms with van der Waals surface area (Å²) >= 11 is 3.25. The summed E-state index contributed by atoms with van der Waals surface area (Å²) in [7, 11) is 0. The van der Waals surface area contributed by atoms with Crippen LogP contribution in [0.15, 0.2) is 33.9 Å². The van der Waals surface area contributed by atoms with Crippen molar-refractivity contribution in [3.8, 4) is 5.75 Å². The second-order valence-corrected chi connectivity index (χ2v) is 6.30. The fraction of sp³-hybridized carbons (Fsp3) is 0.375. The van der Waals surface area contributed by atoms with Gasteiger partial charge in [-0.05, 0) is 53.9 Å². The molecule has 1 unspecified atom stereocenters. The summed E-state index contributed by atoms with van der Waals surface area (Å²) in [6.45, 7) is 5.39. The van der Waals surface area contributed by atoms with Crippen molar-refractivity contribution in [2.24, 2.45) is 0 Å². The number of hydrogen-bond donors (Lipinski definition) is 3. The molecule has 0 saturated heterocycles. The van der Waals surface area contributed by atoms with Crippen molar-refractivity contribution in [1.82, 2.24) is 10.6 Å². The maximum absolute atomic E-state index is 12.5. The number of amides is 2. The molecule has 23 heavy (non-hydrogen) atoms. The van der Waals surface area contributed by atoms with Crippen molar-refractivity contribution >= 4 is 27.9 Å². The Morgan fingerprint density at radius 1 is 1.43 bits per heavy atom. The fourth-order valence-corrected chi connectivity index (χ4v) is 2.76. The van der Waals surface area contributed by atoms with Gasteiger partial charge in [0, 0.05) is 5.70 Å². The molecule has 0 spiro atoms. The van der Waals surface area contributed by atoms with Crippen LogP contribution in [-0.4, -0.2) is 23.2 Å². The quantitative estimate of drug-likeness (QED) is 0.698. The van der Waals surface area contributed by atoms with Crippen molar-refractivity contribution in [1.29, 1.82) is 0 Å². The van der Waals surface area contributed by atoms with Crippen LogP contribution in [0.1, 0.15) is 38.8 Å². The van der Waals surface area contributed by atoms with E-state index in [1.807, 2.05) is 6.92 Å². The summed E-state index contributed by atoms with van der Waals surface area (Å²) in [4.78, 5) is 24.4. The molecule has 1 heterocycles. The first kappa shape index (κ1) is 17.3. The number of esters is 1. The van der Waals surface area contributed by atoms with Gasteiger partial charge in [0.15, 0.2) is 0 Å². The summed E-state index contributed by atoms with van der Waals surface area (Å²) in [6, 6.07) is 3.82. The summed E-state index contributed by atoms with van der Waals surface area (Å²) in [5, 5.41) is 15.0. The average Bonchev–Trinajstić information content (AvgIpc) is 2.48. The van der Waals surface area contributed by atoms with Crippen LogP contribution in [0.2, 0.25) is 0 Å². The Labute approximate surface area is 143 Å². The summed E-state index contributed by atoms with van der Waals surface area (Å²) in [6.07, 6.45) is 0.226. The number of hydrogen-bond acceptors (Lipinski definition) is 4. The van der Waals surface area contributed by atoms with Gasteiger partial charge in [-0.2, -0.15) is 0 Å². The van der Waals surface area contributed by atoms with Gasteiger partial charge in [-0.25, -0.2) is 9.59 Å². The lowest BCUT2D eigenvalue weighted by Gasteiger charge is -2.29. The summed E-state index contributed by atoms with van der Waals surface area (Å²) < 4.78 is 5.80. The third-order valence-electron chi connectivity index (χ3n) is 3.37. The van der Waals surface area contributed by atoms with E-state index in [4.69, 9.17) is 4.74 Å². The molecule has 0 fully saturated rings. The van der Waals surface area contributed by atoms with Gasteiger partial charge in [0.05, 0.1) is 22.2 Å². The number of allylic oxidation sites excluding steroid dienone is 1. The second kappa shape index (κ2) is 7.04. The minimum Gasteiger partial charge on any atom is -0.507 e. The molecule has 2 amide bonds. The topological polar surface area (TPSA) is 87.7 Å². The van der Waals surface area contributed by atoms with Crippen molar-refractivity contribution in [3.63, 3.8) is 0 Å². The number of rotatable bonds is 4. The standard InChI is InChI=1S/C16H19BrN2O4/c1-4-11-13(15(21)23-8(2)3)14(19-16(22)18-11)9-5-6-12(20)10(17)7-9/h5-8,14,20H,4H2,1-3H3,(H2,18,19,22). The van der Waals surface area contributed by atoms with E-state index in [0.29, 0.717) is 27.7 Å². The highest BCUT2D eigenvalue weighted by Crippen LogP contribution is 2.33. The molecule has 0 radical (unpaired) electrons. The monoisotopic (exact) mass is 382 g/mol. The molecule has 3 N–H and O–H groups in total. The zero-order valence-electron chi connectivity index (χ0n) is 13.1. The number of phenols is 1. The van der Waals surface area contributed by atoms with Gasteiger partial charge in [0.25, 0.3) is 0 Å². The molecule has 1 aromatic rings. The molecule has 0 aromatic heterocycles. The molecule has 1 aliphatic heterocycles. The molecule has 0 aliphatic carbocycles. The summed E-state index contributed by atoms with van der Waals surface area (Å²) in [5.74, 6) is -0.390. The molecule has 2 rings (SSSR count). The third-order valence-corrected chi connectivity index (χ3v) is 4.01. The third kappa shape index (κ3) is 3.85. The number of aromatic hydroxyl groups is 1. The van der Waals surface area contributed by atoms with Gasteiger partial charge >= 0.3 is 12.0 Å². The van der Waals surface area contributed by atoms with Crippen LogP contribution in [0.25, 0.3) is 0 Å². The van der Waals surface area contributed by atoms with Crippen molar-refractivity contribution in [2.45, 2.75) is 39.3 Å². The van der Waals surface area contributed by atoms with E-state index in [1.54, 1.807) is 26.0 Å². The number of halogens is 1. The van der Waals surface area contributed by atoms with Crippen LogP contribution in [0.4, 0.5) is 4.79 Å². The highest BCUT2D eigenvalue weighted by molar-refractivity contribution is 9.10. The van der Waals surface area contributed by atoms with Crippen LogP contribution >= 0.6 is 15.9 Å². The Kier molecular flexibility index (Phi) is 5.30. The number of phenolic OH excluding ortho intramolecular Hbond substituents is 1. The first-order valence-corrected chi connectivity index (χ1v) is 8.12. The molecule has 6 nitrogen and oxygen atoms in total. The number of carbonyl (C=O) groups is 2. The van der Waals surface area contributed by atoms with E-state index in [-0.39, 0.29) is 17.9 Å². The van der Waals surface area contributed by atoms with Crippen LogP contribution in [-0.2, 0) is 9.53 Å². The SMILES string of the molecule is CCC1=C(C(=O)OC(C)C)C(c2ccc(O)c(Br)c2)NC(=O)N1. The minimum atomic E-state index is -0.637. The molecule has 0 bridgehead atoms. The first-order valence-electron chi connectivity index (χ1n) is 7.33. The molecule has 1 aromatic carbocycles. The summed E-state index contributed by atoms with van der Waals surface area (Å²) in [5.41, 5.74) is 1.58. The zero-order chi connectivity index (χ0) is 17.1. The van der Waals surface area contributed by atoms with Gasteiger partial charge in [-0.15, -0.1) is 0 Å². The minimum absolute atomic E-state index is 0.0833. The Hall–Kier alpha value is -2.02. The Bertz CT molecular complexity index is 670. The normalized spacial score (nSPS) is 17.8.